The number of ether oxygens (including phenoxy) is 1. The molecule has 2 N–H and O–H groups in total. The fraction of sp³-hybridized carbons (Fsp3) is 0.615. The fourth-order valence-corrected chi connectivity index (χ4v) is 2.47. The number of pyridine rings is 1. The Hall–Kier alpha value is -1.23. The van der Waals surface area contributed by atoms with E-state index in [2.05, 4.69) is 4.98 Å². The van der Waals surface area contributed by atoms with E-state index in [-0.39, 0.29) is 12.8 Å². The molecule has 0 radical (unpaired) electrons. The number of rotatable bonds is 3. The Bertz CT molecular complexity index is 396. The minimum atomic E-state index is -2.55. The molecule has 0 bridgehead atoms. The molecule has 1 aromatic rings. The van der Waals surface area contributed by atoms with E-state index in [9.17, 15) is 8.78 Å². The van der Waals surface area contributed by atoms with Gasteiger partial charge < -0.3 is 10.5 Å². The van der Waals surface area contributed by atoms with Crippen molar-refractivity contribution in [3.05, 3.63) is 24.0 Å². The zero-order chi connectivity index (χ0) is 13.2. The molecule has 0 unspecified atom stereocenters. The van der Waals surface area contributed by atoms with E-state index in [4.69, 9.17) is 10.5 Å². The van der Waals surface area contributed by atoms with Crippen molar-refractivity contribution in [3.63, 3.8) is 0 Å². The van der Waals surface area contributed by atoms with E-state index in [0.717, 1.165) is 5.69 Å². The molecule has 1 aromatic heterocycles. The summed E-state index contributed by atoms with van der Waals surface area (Å²) in [7, 11) is 1.57. The lowest BCUT2D eigenvalue weighted by molar-refractivity contribution is -0.0514. The van der Waals surface area contributed by atoms with Gasteiger partial charge in [0, 0.05) is 30.5 Å². The molecule has 2 rings (SSSR count). The summed E-state index contributed by atoms with van der Waals surface area (Å²) in [5.41, 5.74) is 6.20. The van der Waals surface area contributed by atoms with Gasteiger partial charge in [-0.1, -0.05) is 0 Å². The van der Waals surface area contributed by atoms with Gasteiger partial charge in [0.05, 0.1) is 13.3 Å². The van der Waals surface area contributed by atoms with Crippen LogP contribution in [-0.4, -0.2) is 24.6 Å². The van der Waals surface area contributed by atoms with Crippen LogP contribution in [0.3, 0.4) is 0 Å². The van der Waals surface area contributed by atoms with Gasteiger partial charge in [0.2, 0.25) is 5.92 Å². The molecule has 0 amide bonds. The summed E-state index contributed by atoms with van der Waals surface area (Å²) in [5.74, 6) is -1.89. The van der Waals surface area contributed by atoms with Gasteiger partial charge in [0.1, 0.15) is 5.75 Å². The molecule has 100 valence electrons. The summed E-state index contributed by atoms with van der Waals surface area (Å²) >= 11 is 0. The molecular weight excluding hydrogens is 238 g/mol. The number of halogens is 2. The van der Waals surface area contributed by atoms with Gasteiger partial charge in [0.25, 0.3) is 0 Å². The lowest BCUT2D eigenvalue weighted by Crippen LogP contribution is -2.42. The van der Waals surface area contributed by atoms with Crippen molar-refractivity contribution in [3.8, 4) is 5.75 Å². The van der Waals surface area contributed by atoms with Crippen LogP contribution in [0.5, 0.6) is 5.75 Å². The third-order valence-corrected chi connectivity index (χ3v) is 3.84. The number of nitrogens with two attached hydrogens (primary N) is 1. The quantitative estimate of drug-likeness (QED) is 0.903. The average Bonchev–Trinajstić information content (AvgIpc) is 2.40. The van der Waals surface area contributed by atoms with E-state index >= 15 is 0 Å². The van der Waals surface area contributed by atoms with E-state index < -0.39 is 11.3 Å². The molecule has 1 aliphatic rings. The van der Waals surface area contributed by atoms with E-state index in [1.165, 1.54) is 0 Å². The second-order valence-corrected chi connectivity index (χ2v) is 4.92. The summed E-state index contributed by atoms with van der Waals surface area (Å²) in [6, 6.07) is 3.63. The van der Waals surface area contributed by atoms with Crippen LogP contribution in [-0.2, 0) is 5.41 Å². The molecule has 1 fully saturated rings. The molecule has 1 aliphatic carbocycles. The molecule has 3 nitrogen and oxygen atoms in total. The topological polar surface area (TPSA) is 48.1 Å². The van der Waals surface area contributed by atoms with E-state index in [0.29, 0.717) is 25.1 Å². The Morgan fingerprint density at radius 3 is 2.39 bits per heavy atom. The molecule has 0 aliphatic heterocycles. The lowest BCUT2D eigenvalue weighted by Gasteiger charge is -2.38. The van der Waals surface area contributed by atoms with Crippen molar-refractivity contribution in [2.24, 2.45) is 5.73 Å². The van der Waals surface area contributed by atoms with Gasteiger partial charge in [-0.3, -0.25) is 4.98 Å². The first-order chi connectivity index (χ1) is 8.51. The van der Waals surface area contributed by atoms with Crippen molar-refractivity contribution in [1.29, 1.82) is 0 Å². The number of methoxy groups -OCH3 is 1. The third-order valence-electron chi connectivity index (χ3n) is 3.84. The maximum Gasteiger partial charge on any atom is 0.248 e. The summed E-state index contributed by atoms with van der Waals surface area (Å²) in [6.07, 6.45) is 2.15. The first-order valence-corrected chi connectivity index (χ1v) is 6.10. The van der Waals surface area contributed by atoms with Gasteiger partial charge in [-0.15, -0.1) is 0 Å². The monoisotopic (exact) mass is 256 g/mol. The summed E-state index contributed by atoms with van der Waals surface area (Å²) in [5, 5.41) is 0. The third kappa shape index (κ3) is 2.46. The van der Waals surface area contributed by atoms with Crippen molar-refractivity contribution in [1.82, 2.24) is 4.98 Å². The predicted molar refractivity (Wildman–Crippen MR) is 64.9 cm³/mol. The molecule has 0 saturated heterocycles. The Balaban J connectivity index is 2.22. The highest BCUT2D eigenvalue weighted by molar-refractivity contribution is 5.26. The van der Waals surface area contributed by atoms with Gasteiger partial charge in [-0.2, -0.15) is 0 Å². The number of alkyl halides is 2. The lowest BCUT2D eigenvalue weighted by atomic mass is 9.70. The van der Waals surface area contributed by atoms with Gasteiger partial charge >= 0.3 is 0 Å². The second kappa shape index (κ2) is 4.80. The molecular formula is C13H18F2N2O. The van der Waals surface area contributed by atoms with Crippen LogP contribution in [0.4, 0.5) is 8.78 Å². The maximum absolute atomic E-state index is 13.2. The van der Waals surface area contributed by atoms with Gasteiger partial charge in [0.15, 0.2) is 0 Å². The average molecular weight is 256 g/mol. The first kappa shape index (κ1) is 13.2. The molecule has 5 heteroatoms. The molecule has 0 aromatic carbocycles. The van der Waals surface area contributed by atoms with Crippen molar-refractivity contribution in [2.45, 2.75) is 37.0 Å². The highest BCUT2D eigenvalue weighted by Gasteiger charge is 2.44. The zero-order valence-electron chi connectivity index (χ0n) is 10.5. The van der Waals surface area contributed by atoms with Crippen LogP contribution in [0.25, 0.3) is 0 Å². The van der Waals surface area contributed by atoms with E-state index in [1.807, 2.05) is 6.07 Å². The van der Waals surface area contributed by atoms with Crippen molar-refractivity contribution < 1.29 is 13.5 Å². The standard InChI is InChI=1S/C13H18F2N2O/c1-18-10-2-3-11(17-8-10)12(9-16)4-6-13(14,15)7-5-12/h2-3,8H,4-7,9,16H2,1H3. The predicted octanol–water partition coefficient (Wildman–Crippen LogP) is 2.50. The highest BCUT2D eigenvalue weighted by atomic mass is 19.3. The van der Waals surface area contributed by atoms with Gasteiger partial charge in [-0.05, 0) is 25.0 Å². The smallest absolute Gasteiger partial charge is 0.248 e. The minimum absolute atomic E-state index is 0.113. The molecule has 1 saturated carbocycles. The SMILES string of the molecule is COc1ccc(C2(CN)CCC(F)(F)CC2)nc1. The van der Waals surface area contributed by atoms with Crippen molar-refractivity contribution in [2.75, 3.05) is 13.7 Å². The fourth-order valence-electron chi connectivity index (χ4n) is 2.47. The van der Waals surface area contributed by atoms with Crippen LogP contribution in [0.2, 0.25) is 0 Å². The Morgan fingerprint density at radius 1 is 1.28 bits per heavy atom. The molecule has 18 heavy (non-hydrogen) atoms. The Kier molecular flexibility index (Phi) is 3.52. The highest BCUT2D eigenvalue weighted by Crippen LogP contribution is 2.44. The van der Waals surface area contributed by atoms with Crippen LogP contribution in [0, 0.1) is 0 Å². The van der Waals surface area contributed by atoms with E-state index in [1.54, 1.807) is 19.4 Å². The maximum atomic E-state index is 13.2. The van der Waals surface area contributed by atoms with Crippen LogP contribution in [0.15, 0.2) is 18.3 Å². The van der Waals surface area contributed by atoms with Crippen LogP contribution < -0.4 is 10.5 Å². The second-order valence-electron chi connectivity index (χ2n) is 4.92. The molecule has 1 heterocycles. The van der Waals surface area contributed by atoms with Crippen LogP contribution in [0.1, 0.15) is 31.4 Å². The summed E-state index contributed by atoms with van der Waals surface area (Å²) < 4.78 is 31.5. The summed E-state index contributed by atoms with van der Waals surface area (Å²) in [4.78, 5) is 4.31. The van der Waals surface area contributed by atoms with Crippen LogP contribution >= 0.6 is 0 Å². The number of aromatic nitrogens is 1. The zero-order valence-corrected chi connectivity index (χ0v) is 10.5. The normalized spacial score (nSPS) is 21.6. The molecule has 0 atom stereocenters. The first-order valence-electron chi connectivity index (χ1n) is 6.10. The number of hydrogen-bond acceptors (Lipinski definition) is 3. The minimum Gasteiger partial charge on any atom is -0.495 e. The molecule has 0 spiro atoms. The Labute approximate surface area is 105 Å². The summed E-state index contributed by atoms with van der Waals surface area (Å²) in [6.45, 7) is 0.350. The van der Waals surface area contributed by atoms with Crippen molar-refractivity contribution >= 4 is 0 Å². The Morgan fingerprint density at radius 2 is 1.94 bits per heavy atom. The largest absolute Gasteiger partial charge is 0.495 e. The van der Waals surface area contributed by atoms with Gasteiger partial charge in [-0.25, -0.2) is 8.78 Å². The number of hydrogen-bond donors (Lipinski definition) is 1. The number of nitrogens with zero attached hydrogens (tertiary/aromatic N) is 1.